The first-order valence-corrected chi connectivity index (χ1v) is 13.0. The molecule has 0 saturated carbocycles. The number of carboxylic acid groups (broad SMARTS) is 1. The Morgan fingerprint density at radius 3 is 1.85 bits per heavy atom. The summed E-state index contributed by atoms with van der Waals surface area (Å²) in [7, 11) is 0. The second-order valence-electron chi connectivity index (χ2n) is 9.65. The third-order valence-electron chi connectivity index (χ3n) is 7.88. The molecule has 1 aromatic heterocycles. The van der Waals surface area contributed by atoms with E-state index in [-0.39, 0.29) is 28.8 Å². The Labute approximate surface area is 200 Å². The lowest BCUT2D eigenvalue weighted by atomic mass is 9.75. The van der Waals surface area contributed by atoms with Crippen LogP contribution in [0, 0.1) is 10.8 Å². The van der Waals surface area contributed by atoms with Crippen molar-refractivity contribution in [2.45, 2.75) is 118 Å². The van der Waals surface area contributed by atoms with Crippen LogP contribution in [0.3, 0.4) is 0 Å². The molecule has 0 aliphatic heterocycles. The van der Waals surface area contributed by atoms with Crippen LogP contribution in [-0.2, 0) is 22.6 Å². The summed E-state index contributed by atoms with van der Waals surface area (Å²) in [6.45, 7) is 13.0. The van der Waals surface area contributed by atoms with E-state index in [0.717, 1.165) is 77.4 Å². The molecule has 0 spiro atoms. The molecule has 192 valence electrons. The lowest BCUT2D eigenvalue weighted by Crippen LogP contribution is -2.32. The lowest BCUT2D eigenvalue weighted by molar-refractivity contribution is -0.140. The fraction of sp³-hybridized carbons (Fsp3) is 0.846. The van der Waals surface area contributed by atoms with Crippen molar-refractivity contribution in [3.8, 4) is 5.88 Å². The maximum Gasteiger partial charge on any atom is 0.331 e. The fourth-order valence-corrected chi connectivity index (χ4v) is 4.91. The van der Waals surface area contributed by atoms with Gasteiger partial charge in [-0.15, -0.1) is 0 Å². The maximum atomic E-state index is 12.5. The second kappa shape index (κ2) is 14.5. The summed E-state index contributed by atoms with van der Waals surface area (Å²) in [5.41, 5.74) is -0.220. The van der Waals surface area contributed by atoms with Crippen molar-refractivity contribution in [3.63, 3.8) is 0 Å². The third kappa shape index (κ3) is 8.84. The monoisotopic (exact) mass is 468 g/mol. The van der Waals surface area contributed by atoms with Crippen LogP contribution in [0.1, 0.15) is 105 Å². The zero-order valence-electron chi connectivity index (χ0n) is 21.7. The van der Waals surface area contributed by atoms with Crippen molar-refractivity contribution in [1.82, 2.24) is 9.13 Å². The number of unbranched alkanes of at least 4 members (excludes halogenated alkanes) is 2. The summed E-state index contributed by atoms with van der Waals surface area (Å²) in [5.74, 6) is -0.650. The van der Waals surface area contributed by atoms with Gasteiger partial charge >= 0.3 is 11.7 Å². The molecule has 1 rings (SSSR count). The van der Waals surface area contributed by atoms with Crippen LogP contribution in [-0.4, -0.2) is 38.5 Å². The van der Waals surface area contributed by atoms with E-state index < -0.39 is 5.97 Å². The van der Waals surface area contributed by atoms with Gasteiger partial charge in [0.1, 0.15) is 0 Å². The maximum absolute atomic E-state index is 12.5. The highest BCUT2D eigenvalue weighted by atomic mass is 16.5. The summed E-state index contributed by atoms with van der Waals surface area (Å²) in [6.07, 6.45) is 11.4. The van der Waals surface area contributed by atoms with Crippen LogP contribution < -0.4 is 5.69 Å². The molecule has 0 bridgehead atoms. The van der Waals surface area contributed by atoms with Crippen LogP contribution >= 0.6 is 0 Å². The van der Waals surface area contributed by atoms with E-state index in [1.54, 1.807) is 4.57 Å². The molecule has 0 amide bonds. The number of hydrogen-bond acceptors (Lipinski definition) is 4. The molecule has 7 heteroatoms. The molecule has 0 radical (unpaired) electrons. The summed E-state index contributed by atoms with van der Waals surface area (Å²) in [4.78, 5) is 23.7. The number of nitrogens with zero attached hydrogens (tertiary/aromatic N) is 2. The molecule has 0 fully saturated rings. The fourth-order valence-electron chi connectivity index (χ4n) is 4.91. The van der Waals surface area contributed by atoms with Crippen molar-refractivity contribution < 1.29 is 19.7 Å². The number of carboxylic acids is 1. The first kappa shape index (κ1) is 29.3. The number of aryl methyl sites for hydroxylation is 1. The van der Waals surface area contributed by atoms with Gasteiger partial charge in [-0.3, -0.25) is 13.9 Å². The van der Waals surface area contributed by atoms with Gasteiger partial charge in [0.2, 0.25) is 5.88 Å². The van der Waals surface area contributed by atoms with E-state index in [1.165, 1.54) is 10.8 Å². The number of aliphatic carboxylic acids is 1. The summed E-state index contributed by atoms with van der Waals surface area (Å²) >= 11 is 0. The van der Waals surface area contributed by atoms with E-state index >= 15 is 0 Å². The highest BCUT2D eigenvalue weighted by Crippen LogP contribution is 2.37. The standard InChI is InChI=1S/C26H48N2O5/c1-6-25(7-2,19-23(30)31)15-11-13-17-33-18-14-12-16-26(8-3,9-4)21-28-22(29)20-27(10-5)24(28)32/h20,29H,6-19,21H2,1-5H3,(H,30,31). The normalized spacial score (nSPS) is 12.4. The first-order chi connectivity index (χ1) is 15.7. The molecule has 0 atom stereocenters. The summed E-state index contributed by atoms with van der Waals surface area (Å²) in [5, 5.41) is 19.4. The average Bonchev–Trinajstić information content (AvgIpc) is 3.08. The zero-order chi connectivity index (χ0) is 24.9. The minimum atomic E-state index is -0.701. The molecule has 0 aromatic carbocycles. The van der Waals surface area contributed by atoms with Crippen molar-refractivity contribution in [1.29, 1.82) is 0 Å². The Kier molecular flexibility index (Phi) is 12.9. The van der Waals surface area contributed by atoms with Crippen LogP contribution in [0.2, 0.25) is 0 Å². The van der Waals surface area contributed by atoms with E-state index in [1.807, 2.05) is 6.92 Å². The smallest absolute Gasteiger partial charge is 0.331 e. The minimum Gasteiger partial charge on any atom is -0.493 e. The van der Waals surface area contributed by atoms with Gasteiger partial charge in [-0.1, -0.05) is 40.5 Å². The van der Waals surface area contributed by atoms with Gasteiger partial charge in [-0.2, -0.15) is 0 Å². The molecule has 1 aromatic rings. The molecule has 0 aliphatic rings. The number of carbonyl (C=O) groups is 1. The van der Waals surface area contributed by atoms with Gasteiger partial charge in [0.05, 0.1) is 12.6 Å². The van der Waals surface area contributed by atoms with Crippen LogP contribution in [0.4, 0.5) is 0 Å². The molecular weight excluding hydrogens is 420 g/mol. The molecule has 0 unspecified atom stereocenters. The molecule has 7 nitrogen and oxygen atoms in total. The molecule has 2 N–H and O–H groups in total. The molecule has 33 heavy (non-hydrogen) atoms. The SMILES string of the molecule is CCn1cc(O)n(CC(CC)(CC)CCCCOCCCCC(CC)(CC)CC(=O)O)c1=O. The first-order valence-electron chi connectivity index (χ1n) is 13.0. The van der Waals surface area contributed by atoms with Gasteiger partial charge in [-0.25, -0.2) is 4.79 Å². The summed E-state index contributed by atoms with van der Waals surface area (Å²) in [6, 6.07) is 0. The van der Waals surface area contributed by atoms with E-state index in [0.29, 0.717) is 13.1 Å². The Morgan fingerprint density at radius 2 is 1.42 bits per heavy atom. The largest absolute Gasteiger partial charge is 0.493 e. The van der Waals surface area contributed by atoms with E-state index in [9.17, 15) is 19.8 Å². The number of imidazole rings is 1. The Hall–Kier alpha value is -1.76. The van der Waals surface area contributed by atoms with Crippen molar-refractivity contribution >= 4 is 5.97 Å². The van der Waals surface area contributed by atoms with Gasteiger partial charge in [0.15, 0.2) is 0 Å². The quantitative estimate of drug-likeness (QED) is 0.250. The van der Waals surface area contributed by atoms with Crippen molar-refractivity contribution in [2.75, 3.05) is 13.2 Å². The number of hydrogen-bond donors (Lipinski definition) is 2. The minimum absolute atomic E-state index is 0.00495. The average molecular weight is 469 g/mol. The van der Waals surface area contributed by atoms with Gasteiger partial charge in [0.25, 0.3) is 0 Å². The molecular formula is C26H48N2O5. The predicted octanol–water partition coefficient (Wildman–Crippen LogP) is 5.82. The topological polar surface area (TPSA) is 93.7 Å². The van der Waals surface area contributed by atoms with Crippen LogP contribution in [0.15, 0.2) is 11.0 Å². The Bertz CT molecular complexity index is 744. The second-order valence-corrected chi connectivity index (χ2v) is 9.65. The van der Waals surface area contributed by atoms with Gasteiger partial charge in [0, 0.05) is 26.3 Å². The Balaban J connectivity index is 2.38. The molecule has 1 heterocycles. The zero-order valence-corrected chi connectivity index (χ0v) is 21.7. The van der Waals surface area contributed by atoms with Gasteiger partial charge < -0.3 is 14.9 Å². The Morgan fingerprint density at radius 1 is 0.909 bits per heavy atom. The third-order valence-corrected chi connectivity index (χ3v) is 7.88. The molecule has 0 saturated heterocycles. The summed E-state index contributed by atoms with van der Waals surface area (Å²) < 4.78 is 8.90. The van der Waals surface area contributed by atoms with Crippen molar-refractivity contribution in [3.05, 3.63) is 16.7 Å². The van der Waals surface area contributed by atoms with Crippen molar-refractivity contribution in [2.24, 2.45) is 10.8 Å². The number of aromatic nitrogens is 2. The van der Waals surface area contributed by atoms with Crippen LogP contribution in [0.5, 0.6) is 5.88 Å². The number of ether oxygens (including phenoxy) is 1. The van der Waals surface area contributed by atoms with E-state index in [2.05, 4.69) is 27.7 Å². The number of aromatic hydroxyl groups is 1. The predicted molar refractivity (Wildman–Crippen MR) is 133 cm³/mol. The lowest BCUT2D eigenvalue weighted by Gasteiger charge is -2.32. The highest BCUT2D eigenvalue weighted by Gasteiger charge is 2.29. The number of rotatable bonds is 19. The van der Waals surface area contributed by atoms with E-state index in [4.69, 9.17) is 4.74 Å². The molecule has 0 aliphatic carbocycles. The van der Waals surface area contributed by atoms with Crippen LogP contribution in [0.25, 0.3) is 0 Å². The van der Waals surface area contributed by atoms with Gasteiger partial charge in [-0.05, 0) is 69.1 Å². The highest BCUT2D eigenvalue weighted by molar-refractivity contribution is 5.67.